The normalized spacial score (nSPS) is 16.2. The van der Waals surface area contributed by atoms with Gasteiger partial charge in [-0.15, -0.1) is 0 Å². The zero-order valence-corrected chi connectivity index (χ0v) is 21.0. The number of esters is 1. The Balaban J connectivity index is 1.62. The van der Waals surface area contributed by atoms with E-state index in [4.69, 9.17) is 24.2 Å². The smallest absolute Gasteiger partial charge is 0.323 e. The summed E-state index contributed by atoms with van der Waals surface area (Å²) in [4.78, 5) is 26.6. The molecule has 1 saturated heterocycles. The molecule has 1 atom stereocenters. The predicted molar refractivity (Wildman–Crippen MR) is 136 cm³/mol. The van der Waals surface area contributed by atoms with Crippen LogP contribution in [0.3, 0.4) is 0 Å². The van der Waals surface area contributed by atoms with Crippen LogP contribution in [0.2, 0.25) is 0 Å². The first-order chi connectivity index (χ1) is 17.0. The molecule has 0 amide bonds. The summed E-state index contributed by atoms with van der Waals surface area (Å²) in [5, 5.41) is 0.986. The van der Waals surface area contributed by atoms with Gasteiger partial charge in [0.05, 0.1) is 32.9 Å². The van der Waals surface area contributed by atoms with Gasteiger partial charge in [0.25, 0.3) is 0 Å². The summed E-state index contributed by atoms with van der Waals surface area (Å²) >= 11 is 0. The molecule has 1 aromatic heterocycles. The van der Waals surface area contributed by atoms with Gasteiger partial charge in [-0.3, -0.25) is 9.69 Å². The minimum atomic E-state index is -0.244. The van der Waals surface area contributed by atoms with E-state index in [1.807, 2.05) is 56.4 Å². The van der Waals surface area contributed by atoms with E-state index in [1.54, 1.807) is 14.2 Å². The van der Waals surface area contributed by atoms with E-state index in [0.717, 1.165) is 48.1 Å². The molecule has 1 fully saturated rings. The fraction of sp³-hybridized carbons (Fsp3) is 0.444. The minimum Gasteiger partial charge on any atom is -0.493 e. The molecule has 186 valence electrons. The molecule has 8 nitrogen and oxygen atoms in total. The molecule has 4 rings (SSSR count). The molecule has 3 aromatic rings. The van der Waals surface area contributed by atoms with Crippen molar-refractivity contribution >= 4 is 22.7 Å². The van der Waals surface area contributed by atoms with E-state index < -0.39 is 0 Å². The fourth-order valence-electron chi connectivity index (χ4n) is 4.66. The number of benzene rings is 2. The average molecular weight is 479 g/mol. The van der Waals surface area contributed by atoms with Crippen molar-refractivity contribution in [1.29, 1.82) is 0 Å². The molecule has 2 heterocycles. The zero-order valence-electron chi connectivity index (χ0n) is 21.0. The maximum absolute atomic E-state index is 12.6. The number of hydrogen-bond donors (Lipinski definition) is 0. The first kappa shape index (κ1) is 24.7. The van der Waals surface area contributed by atoms with Crippen molar-refractivity contribution in [3.05, 3.63) is 53.9 Å². The van der Waals surface area contributed by atoms with E-state index in [9.17, 15) is 4.79 Å². The van der Waals surface area contributed by atoms with E-state index in [2.05, 4.69) is 9.80 Å². The van der Waals surface area contributed by atoms with Crippen LogP contribution in [0.1, 0.15) is 37.6 Å². The Morgan fingerprint density at radius 3 is 2.66 bits per heavy atom. The second-order valence-electron chi connectivity index (χ2n) is 8.76. The largest absolute Gasteiger partial charge is 0.493 e. The van der Waals surface area contributed by atoms with Crippen LogP contribution in [0.15, 0.2) is 42.5 Å². The summed E-state index contributed by atoms with van der Waals surface area (Å²) in [6.07, 6.45) is 2.88. The highest BCUT2D eigenvalue weighted by Crippen LogP contribution is 2.30. The number of aromatic nitrogens is 2. The summed E-state index contributed by atoms with van der Waals surface area (Å²) in [5.41, 5.74) is 1.96. The molecule has 1 aliphatic heterocycles. The number of fused-ring (bicyclic) bond motifs is 1. The molecule has 2 aromatic carbocycles. The van der Waals surface area contributed by atoms with E-state index in [-0.39, 0.29) is 12.0 Å². The van der Waals surface area contributed by atoms with Gasteiger partial charge in [-0.05, 0) is 56.1 Å². The zero-order chi connectivity index (χ0) is 24.8. The molecule has 0 unspecified atom stereocenters. The molecular weight excluding hydrogens is 444 g/mol. The van der Waals surface area contributed by atoms with Gasteiger partial charge < -0.3 is 19.1 Å². The first-order valence-corrected chi connectivity index (χ1v) is 12.1. The van der Waals surface area contributed by atoms with Crippen LogP contribution in [0.25, 0.3) is 10.9 Å². The van der Waals surface area contributed by atoms with Gasteiger partial charge >= 0.3 is 5.97 Å². The lowest BCUT2D eigenvalue weighted by atomic mass is 10.0. The van der Waals surface area contributed by atoms with Crippen LogP contribution in [-0.4, -0.2) is 61.3 Å². The Morgan fingerprint density at radius 2 is 1.89 bits per heavy atom. The number of nitrogens with zero attached hydrogens (tertiary/aromatic N) is 4. The van der Waals surface area contributed by atoms with E-state index >= 15 is 0 Å². The highest BCUT2D eigenvalue weighted by Gasteiger charge is 2.30. The molecule has 0 radical (unpaired) electrons. The Bertz CT molecular complexity index is 1170. The van der Waals surface area contributed by atoms with Crippen LogP contribution < -0.4 is 14.4 Å². The van der Waals surface area contributed by atoms with Crippen LogP contribution in [0.5, 0.6) is 11.5 Å². The van der Waals surface area contributed by atoms with E-state index in [1.165, 1.54) is 0 Å². The lowest BCUT2D eigenvalue weighted by molar-refractivity contribution is -0.151. The molecule has 0 saturated carbocycles. The second-order valence-corrected chi connectivity index (χ2v) is 8.76. The number of rotatable bonds is 9. The Labute approximate surface area is 206 Å². The second kappa shape index (κ2) is 11.4. The first-order valence-electron chi connectivity index (χ1n) is 12.1. The van der Waals surface area contributed by atoms with Crippen molar-refractivity contribution in [2.24, 2.45) is 0 Å². The molecule has 35 heavy (non-hydrogen) atoms. The number of carbonyl (C=O) groups is 1. The van der Waals surface area contributed by atoms with Gasteiger partial charge in [-0.25, -0.2) is 9.97 Å². The summed E-state index contributed by atoms with van der Waals surface area (Å²) in [7, 11) is 5.30. The van der Waals surface area contributed by atoms with Crippen LogP contribution in [0.4, 0.5) is 5.82 Å². The lowest BCUT2D eigenvalue weighted by Crippen LogP contribution is -2.45. The number of hydrogen-bond acceptors (Lipinski definition) is 8. The molecule has 1 aliphatic rings. The maximum atomic E-state index is 12.6. The number of ether oxygens (including phenoxy) is 3. The third kappa shape index (κ3) is 5.65. The summed E-state index contributed by atoms with van der Waals surface area (Å²) < 4.78 is 16.2. The molecule has 8 heteroatoms. The third-order valence-corrected chi connectivity index (χ3v) is 6.38. The van der Waals surface area contributed by atoms with Gasteiger partial charge in [0.15, 0.2) is 11.5 Å². The van der Waals surface area contributed by atoms with Crippen LogP contribution in [-0.2, 0) is 22.6 Å². The van der Waals surface area contributed by atoms with Crippen molar-refractivity contribution in [2.75, 3.05) is 39.3 Å². The molecule has 0 aliphatic carbocycles. The number of likely N-dealkylation sites (tertiary alicyclic amines) is 1. The highest BCUT2D eigenvalue weighted by atomic mass is 16.5. The molecule has 0 N–H and O–H groups in total. The Hall–Kier alpha value is -3.39. The summed E-state index contributed by atoms with van der Waals surface area (Å²) in [6, 6.07) is 13.7. The van der Waals surface area contributed by atoms with Gasteiger partial charge in [0.1, 0.15) is 17.7 Å². The summed E-state index contributed by atoms with van der Waals surface area (Å²) in [5.74, 6) is 2.80. The number of methoxy groups -OCH3 is 2. The summed E-state index contributed by atoms with van der Waals surface area (Å²) in [6.45, 7) is 4.21. The van der Waals surface area contributed by atoms with Crippen LogP contribution in [0, 0.1) is 0 Å². The number of anilines is 1. The van der Waals surface area contributed by atoms with Gasteiger partial charge in [0, 0.05) is 19.0 Å². The molecule has 0 bridgehead atoms. The van der Waals surface area contributed by atoms with Crippen molar-refractivity contribution in [3.63, 3.8) is 0 Å². The van der Waals surface area contributed by atoms with Crippen LogP contribution >= 0.6 is 0 Å². The fourth-order valence-corrected chi connectivity index (χ4v) is 4.66. The third-order valence-electron chi connectivity index (χ3n) is 6.38. The van der Waals surface area contributed by atoms with E-state index in [0.29, 0.717) is 37.0 Å². The Morgan fingerprint density at radius 1 is 1.09 bits per heavy atom. The quantitative estimate of drug-likeness (QED) is 0.424. The van der Waals surface area contributed by atoms with Crippen molar-refractivity contribution in [1.82, 2.24) is 14.9 Å². The Kier molecular flexibility index (Phi) is 8.02. The number of para-hydroxylation sites is 1. The SMILES string of the molecule is CCOC(=O)[C@@H]1CCCCN1Cc1nc(N(C)Cc2ccc(OC)c(OC)c2)c2ccccc2n1. The maximum Gasteiger partial charge on any atom is 0.323 e. The average Bonchev–Trinajstić information content (AvgIpc) is 2.88. The van der Waals surface area contributed by atoms with Gasteiger partial charge in [-0.1, -0.05) is 24.6 Å². The van der Waals surface area contributed by atoms with Gasteiger partial charge in [-0.2, -0.15) is 0 Å². The highest BCUT2D eigenvalue weighted by molar-refractivity contribution is 5.89. The number of piperidine rings is 1. The van der Waals surface area contributed by atoms with Crippen molar-refractivity contribution in [2.45, 2.75) is 45.3 Å². The minimum absolute atomic E-state index is 0.154. The monoisotopic (exact) mass is 478 g/mol. The topological polar surface area (TPSA) is 77.0 Å². The predicted octanol–water partition coefficient (Wildman–Crippen LogP) is 4.20. The lowest BCUT2D eigenvalue weighted by Gasteiger charge is -2.33. The standard InChI is InChI=1S/C27H34N4O4/c1-5-35-27(32)22-12-8-9-15-31(22)18-25-28-21-11-7-6-10-20(21)26(29-25)30(2)17-19-13-14-23(33-3)24(16-19)34-4/h6-7,10-11,13-14,16,22H,5,8-9,12,15,17-18H2,1-4H3/t22-/m0/s1. The van der Waals surface area contributed by atoms with Gasteiger partial charge in [0.2, 0.25) is 0 Å². The van der Waals surface area contributed by atoms with Crippen molar-refractivity contribution in [3.8, 4) is 11.5 Å². The molecule has 0 spiro atoms. The number of carbonyl (C=O) groups excluding carboxylic acids is 1. The van der Waals surface area contributed by atoms with Crippen molar-refractivity contribution < 1.29 is 19.0 Å². The molecular formula is C27H34N4O4.